The predicted molar refractivity (Wildman–Crippen MR) is 355 cm³/mol. The molecule has 1 heterocycles. The number of carbonyl (C=O) groups is 14. The zero-order valence-corrected chi connectivity index (χ0v) is 56.6. The molecule has 544 valence electrons. The molecule has 0 radical (unpaired) electrons. The van der Waals surface area contributed by atoms with Gasteiger partial charge in [0.15, 0.2) is 0 Å². The summed E-state index contributed by atoms with van der Waals surface area (Å²) in [5.74, 6) is -13.5. The number of rotatable bonds is 45. The van der Waals surface area contributed by atoms with Crippen molar-refractivity contribution in [2.75, 3.05) is 85.1 Å². The molecule has 35 heteroatoms. The Kier molecular flexibility index (Phi) is 38.9. The summed E-state index contributed by atoms with van der Waals surface area (Å²) in [6.45, 7) is -0.677. The molecule has 0 aliphatic carbocycles. The molecule has 1 aliphatic rings. The molecule has 0 aromatic heterocycles. The summed E-state index contributed by atoms with van der Waals surface area (Å²) in [7, 11) is 0. The predicted octanol–water partition coefficient (Wildman–Crippen LogP) is 0.0138. The maximum Gasteiger partial charge on any atom is 0.326 e. The SMILES string of the molecule is O=C(O)CCC(NC(=O)NC(CCCCNC(=O)CCCCCCC(=O)NCCCCC(NC(=O)C(Cc1ccccc1)NC(=O)C(Cc1ccc(O)c(I)c1)NC(=O)CCC(C(=O)O)N1CCN(CC(=O)O)CCN(CC(=O)O)CCN(CC(=O)O)CC1)C(=O)O)C(=O)O)C(=O)O. The van der Waals surface area contributed by atoms with Crippen LogP contribution in [0, 0.1) is 3.57 Å². The van der Waals surface area contributed by atoms with Crippen LogP contribution in [0.15, 0.2) is 48.5 Å². The number of benzene rings is 2. The molecule has 0 spiro atoms. The summed E-state index contributed by atoms with van der Waals surface area (Å²) in [6.07, 6.45) is 1.73. The second kappa shape index (κ2) is 45.6. The van der Waals surface area contributed by atoms with Gasteiger partial charge in [0, 0.05) is 104 Å². The molecule has 7 amide bonds. The van der Waals surface area contributed by atoms with Gasteiger partial charge in [0.1, 0.15) is 42.0 Å². The minimum absolute atomic E-state index is 0.00521. The third kappa shape index (κ3) is 35.4. The lowest BCUT2D eigenvalue weighted by atomic mass is 10.0. The first-order valence-electron chi connectivity index (χ1n) is 32.2. The van der Waals surface area contributed by atoms with Crippen molar-refractivity contribution in [3.63, 3.8) is 0 Å². The van der Waals surface area contributed by atoms with Crippen LogP contribution in [-0.4, -0.2) is 270 Å². The smallest absolute Gasteiger partial charge is 0.326 e. The molecule has 6 atom stereocenters. The van der Waals surface area contributed by atoms with E-state index in [0.29, 0.717) is 53.2 Å². The number of phenols is 1. The highest BCUT2D eigenvalue weighted by Crippen LogP contribution is 2.22. The number of hydrogen-bond donors (Lipinski definition) is 16. The topological polar surface area (TPSA) is 518 Å². The molecule has 2 aromatic carbocycles. The normalized spacial score (nSPS) is 15.3. The van der Waals surface area contributed by atoms with Crippen LogP contribution in [0.2, 0.25) is 0 Å². The Labute approximate surface area is 579 Å². The fourth-order valence-corrected chi connectivity index (χ4v) is 11.1. The second-order valence-corrected chi connectivity index (χ2v) is 24.8. The molecule has 1 saturated heterocycles. The number of aliphatic carboxylic acids is 8. The summed E-state index contributed by atoms with van der Waals surface area (Å²) < 4.78 is 0.401. The fourth-order valence-electron chi connectivity index (χ4n) is 10.5. The summed E-state index contributed by atoms with van der Waals surface area (Å²) in [4.78, 5) is 181. The Balaban J connectivity index is 1.58. The number of phenolic OH excluding ortho intramolecular Hbond substituents is 1. The minimum Gasteiger partial charge on any atom is -0.507 e. The lowest BCUT2D eigenvalue weighted by Gasteiger charge is -2.35. The molecule has 0 saturated carbocycles. The number of carboxylic acid groups (broad SMARTS) is 8. The molecular weight excluding hydrogens is 1410 g/mol. The Morgan fingerprint density at radius 2 is 0.827 bits per heavy atom. The van der Waals surface area contributed by atoms with Gasteiger partial charge in [-0.1, -0.05) is 49.2 Å². The highest BCUT2D eigenvalue weighted by atomic mass is 127. The van der Waals surface area contributed by atoms with E-state index in [0.717, 1.165) is 0 Å². The molecule has 1 aliphatic heterocycles. The number of urea groups is 1. The molecule has 6 unspecified atom stereocenters. The van der Waals surface area contributed by atoms with Gasteiger partial charge in [-0.2, -0.15) is 0 Å². The number of carbonyl (C=O) groups excluding carboxylic acids is 6. The second-order valence-electron chi connectivity index (χ2n) is 23.6. The van der Waals surface area contributed by atoms with Crippen LogP contribution in [0.25, 0.3) is 0 Å². The number of hydrogen-bond acceptors (Lipinski definition) is 19. The maximum atomic E-state index is 14.5. The molecule has 16 N–H and O–H groups in total. The van der Waals surface area contributed by atoms with Crippen LogP contribution in [0.5, 0.6) is 5.75 Å². The monoisotopic (exact) mass is 1500 g/mol. The van der Waals surface area contributed by atoms with E-state index in [1.54, 1.807) is 41.3 Å². The van der Waals surface area contributed by atoms with Crippen molar-refractivity contribution in [1.29, 1.82) is 0 Å². The van der Waals surface area contributed by atoms with E-state index in [2.05, 4.69) is 37.2 Å². The van der Waals surface area contributed by atoms with E-state index in [9.17, 15) is 108 Å². The quantitative estimate of drug-likeness (QED) is 0.0307. The average molecular weight is 1500 g/mol. The van der Waals surface area contributed by atoms with Crippen molar-refractivity contribution in [3.8, 4) is 5.75 Å². The van der Waals surface area contributed by atoms with Crippen LogP contribution >= 0.6 is 22.6 Å². The number of aromatic hydroxyl groups is 1. The highest BCUT2D eigenvalue weighted by Gasteiger charge is 2.33. The van der Waals surface area contributed by atoms with Gasteiger partial charge in [0.25, 0.3) is 0 Å². The van der Waals surface area contributed by atoms with Crippen LogP contribution in [0.1, 0.15) is 114 Å². The van der Waals surface area contributed by atoms with Gasteiger partial charge in [-0.25, -0.2) is 19.2 Å². The van der Waals surface area contributed by atoms with Crippen molar-refractivity contribution in [2.45, 2.75) is 152 Å². The molecule has 98 heavy (non-hydrogen) atoms. The minimum atomic E-state index is -1.54. The van der Waals surface area contributed by atoms with Crippen molar-refractivity contribution in [2.24, 2.45) is 0 Å². The van der Waals surface area contributed by atoms with Gasteiger partial charge >= 0.3 is 53.8 Å². The summed E-state index contributed by atoms with van der Waals surface area (Å²) in [5, 5.41) is 105. The van der Waals surface area contributed by atoms with Crippen molar-refractivity contribution >= 4 is 106 Å². The number of amides is 7. The van der Waals surface area contributed by atoms with Crippen molar-refractivity contribution in [3.05, 3.63) is 63.2 Å². The van der Waals surface area contributed by atoms with E-state index in [1.807, 2.05) is 22.6 Å². The van der Waals surface area contributed by atoms with E-state index in [4.69, 9.17) is 5.11 Å². The molecular formula is C63H92IN11O23. The number of carboxylic acids is 8. The summed E-state index contributed by atoms with van der Waals surface area (Å²) in [5.41, 5.74) is 1.03. The lowest BCUT2D eigenvalue weighted by Crippen LogP contribution is -2.57. The number of nitrogens with zero attached hydrogens (tertiary/aromatic N) is 4. The first-order valence-corrected chi connectivity index (χ1v) is 33.3. The third-order valence-corrected chi connectivity index (χ3v) is 16.7. The van der Waals surface area contributed by atoms with Gasteiger partial charge < -0.3 is 83.2 Å². The van der Waals surface area contributed by atoms with Crippen LogP contribution in [0.4, 0.5) is 4.79 Å². The van der Waals surface area contributed by atoms with Crippen LogP contribution in [-0.2, 0) is 75.2 Å². The third-order valence-electron chi connectivity index (χ3n) is 15.8. The van der Waals surface area contributed by atoms with E-state index in [1.165, 1.54) is 26.8 Å². The molecule has 3 rings (SSSR count). The zero-order chi connectivity index (χ0) is 72.7. The first-order chi connectivity index (χ1) is 46.5. The van der Waals surface area contributed by atoms with Gasteiger partial charge in [0.2, 0.25) is 29.5 Å². The first kappa shape index (κ1) is 83.4. The number of halogens is 1. The van der Waals surface area contributed by atoms with E-state index in [-0.39, 0.29) is 141 Å². The Hall–Kier alpha value is -8.81. The van der Waals surface area contributed by atoms with Gasteiger partial charge in [0.05, 0.1) is 23.2 Å². The van der Waals surface area contributed by atoms with Crippen molar-refractivity contribution in [1.82, 2.24) is 56.8 Å². The standard InChI is InChI=1S/C63H92IN11O23/c64-42-34-41(18-21-49(42)76)36-46(67-52(79)22-20-48(62(96)97)75-32-30-73(38-55(84)85)28-26-72(37-54(82)83)27-29-74(31-33-75)39-56(86)87)57(88)69-47(35-40-12-4-3-5-13-40)58(89)68-43(59(90)91)14-8-10-24-65-50(77)16-6-1-2-7-17-51(78)66-25-11-9-15-44(60(92)93)70-63(98)71-45(61(94)95)19-23-53(80)81/h3-5,12-13,18,21,34,43-48,76H,1-2,6-11,14-17,19-20,22-33,35-39H2,(H,65,77)(H,66,78)(H,67,79)(H,68,89)(H,69,88)(H,80,81)(H,82,83)(H,84,85)(H,86,87)(H,90,91)(H,92,93)(H,94,95)(H,96,97)(H2,70,71,98). The van der Waals surface area contributed by atoms with E-state index < -0.39 is 147 Å². The van der Waals surface area contributed by atoms with Crippen molar-refractivity contribution < 1.29 is 113 Å². The summed E-state index contributed by atoms with van der Waals surface area (Å²) >= 11 is 1.87. The van der Waals surface area contributed by atoms with E-state index >= 15 is 0 Å². The Morgan fingerprint density at radius 1 is 0.398 bits per heavy atom. The number of nitrogens with one attached hydrogen (secondary N) is 7. The number of unbranched alkanes of at least 4 members (excludes halogenated alkanes) is 5. The molecule has 0 bridgehead atoms. The highest BCUT2D eigenvalue weighted by molar-refractivity contribution is 14.1. The summed E-state index contributed by atoms with van der Waals surface area (Å²) in [6, 6.07) is 3.22. The molecule has 2 aromatic rings. The zero-order valence-electron chi connectivity index (χ0n) is 54.4. The Bertz CT molecular complexity index is 2970. The lowest BCUT2D eigenvalue weighted by molar-refractivity contribution is -0.145. The molecule has 1 fully saturated rings. The Morgan fingerprint density at radius 3 is 1.27 bits per heavy atom. The fraction of sp³-hybridized carbons (Fsp3) is 0.587. The van der Waals surface area contributed by atoms with Gasteiger partial charge in [-0.3, -0.25) is 67.5 Å². The van der Waals surface area contributed by atoms with Crippen LogP contribution < -0.4 is 37.2 Å². The van der Waals surface area contributed by atoms with Gasteiger partial charge in [-0.15, -0.1) is 0 Å². The maximum absolute atomic E-state index is 14.5. The average Bonchev–Trinajstić information content (AvgIpc) is 0.861. The van der Waals surface area contributed by atoms with Crippen LogP contribution in [0.3, 0.4) is 0 Å². The van der Waals surface area contributed by atoms with Gasteiger partial charge in [-0.05, 0) is 110 Å². The largest absolute Gasteiger partial charge is 0.507 e. The molecule has 34 nitrogen and oxygen atoms in total.